The summed E-state index contributed by atoms with van der Waals surface area (Å²) >= 11 is 0. The van der Waals surface area contributed by atoms with E-state index in [0.29, 0.717) is 5.92 Å². The SMILES string of the molecule is Cc1cc(-c2cc(C#N)c(=O)n(C)c2C)c(C(C)C)cn1. The third kappa shape index (κ3) is 2.59. The van der Waals surface area contributed by atoms with Crippen molar-refractivity contribution in [3.8, 4) is 17.2 Å². The van der Waals surface area contributed by atoms with E-state index in [4.69, 9.17) is 5.26 Å². The standard InChI is InChI=1S/C17H19N3O/c1-10(2)16-9-19-11(3)6-15(16)14-7-13(8-18)17(21)20(5)12(14)4/h6-7,9-10H,1-5H3. The van der Waals surface area contributed by atoms with Crippen molar-refractivity contribution in [1.29, 1.82) is 5.26 Å². The molecule has 0 fully saturated rings. The Balaban J connectivity index is 2.85. The van der Waals surface area contributed by atoms with Gasteiger partial charge in [0.05, 0.1) is 0 Å². The van der Waals surface area contributed by atoms with Crippen LogP contribution in [-0.4, -0.2) is 9.55 Å². The molecule has 0 amide bonds. The van der Waals surface area contributed by atoms with Gasteiger partial charge in [0.15, 0.2) is 0 Å². The van der Waals surface area contributed by atoms with E-state index in [1.807, 2.05) is 32.2 Å². The molecule has 4 heteroatoms. The first-order chi connectivity index (χ1) is 9.86. The van der Waals surface area contributed by atoms with Gasteiger partial charge in [0.1, 0.15) is 11.6 Å². The quantitative estimate of drug-likeness (QED) is 0.850. The Morgan fingerprint density at radius 2 is 1.90 bits per heavy atom. The Morgan fingerprint density at radius 3 is 2.48 bits per heavy atom. The van der Waals surface area contributed by atoms with Crippen LogP contribution in [0.25, 0.3) is 11.1 Å². The first-order valence-electron chi connectivity index (χ1n) is 6.94. The van der Waals surface area contributed by atoms with Gasteiger partial charge in [-0.3, -0.25) is 9.78 Å². The van der Waals surface area contributed by atoms with Crippen molar-refractivity contribution >= 4 is 0 Å². The van der Waals surface area contributed by atoms with Gasteiger partial charge < -0.3 is 4.57 Å². The van der Waals surface area contributed by atoms with E-state index in [0.717, 1.165) is 28.1 Å². The Kier molecular flexibility index (Phi) is 3.95. The normalized spacial score (nSPS) is 10.7. The molecule has 0 bridgehead atoms. The van der Waals surface area contributed by atoms with Crippen molar-refractivity contribution in [2.75, 3.05) is 0 Å². The average molecular weight is 281 g/mol. The van der Waals surface area contributed by atoms with Crippen molar-refractivity contribution in [2.24, 2.45) is 7.05 Å². The number of aromatic nitrogens is 2. The van der Waals surface area contributed by atoms with Crippen molar-refractivity contribution in [3.63, 3.8) is 0 Å². The molecule has 0 spiro atoms. The summed E-state index contributed by atoms with van der Waals surface area (Å²) in [6.45, 7) is 8.06. The minimum absolute atomic E-state index is 0.169. The van der Waals surface area contributed by atoms with E-state index in [-0.39, 0.29) is 11.1 Å². The monoisotopic (exact) mass is 281 g/mol. The lowest BCUT2D eigenvalue weighted by molar-refractivity contribution is 0.813. The number of hydrogen-bond acceptors (Lipinski definition) is 3. The Labute approximate surface area is 124 Å². The van der Waals surface area contributed by atoms with E-state index in [1.165, 1.54) is 4.57 Å². The molecule has 0 aliphatic carbocycles. The smallest absolute Gasteiger partial charge is 0.268 e. The molecule has 0 saturated heterocycles. The number of rotatable bonds is 2. The number of pyridine rings is 2. The molecule has 2 aromatic rings. The zero-order valence-electron chi connectivity index (χ0n) is 13.1. The summed E-state index contributed by atoms with van der Waals surface area (Å²) in [6, 6.07) is 5.70. The molecule has 2 heterocycles. The van der Waals surface area contributed by atoms with Gasteiger partial charge in [-0.05, 0) is 43.0 Å². The summed E-state index contributed by atoms with van der Waals surface area (Å²) in [4.78, 5) is 16.4. The van der Waals surface area contributed by atoms with Gasteiger partial charge in [0.25, 0.3) is 5.56 Å². The second-order valence-electron chi connectivity index (χ2n) is 5.60. The van der Waals surface area contributed by atoms with Crippen molar-refractivity contribution in [3.05, 3.63) is 51.2 Å². The number of aryl methyl sites for hydroxylation is 1. The molecular weight excluding hydrogens is 262 g/mol. The number of hydrogen-bond donors (Lipinski definition) is 0. The zero-order valence-corrected chi connectivity index (χ0v) is 13.1. The summed E-state index contributed by atoms with van der Waals surface area (Å²) in [7, 11) is 1.70. The second-order valence-corrected chi connectivity index (χ2v) is 5.60. The predicted octanol–water partition coefficient (Wildman–Crippen LogP) is 3.06. The molecule has 0 saturated carbocycles. The van der Waals surface area contributed by atoms with E-state index in [1.54, 1.807) is 13.1 Å². The molecule has 0 aliphatic rings. The topological polar surface area (TPSA) is 58.7 Å². The first kappa shape index (κ1) is 15.0. The molecule has 0 radical (unpaired) electrons. The lowest BCUT2D eigenvalue weighted by Crippen LogP contribution is -2.22. The minimum atomic E-state index is -0.254. The minimum Gasteiger partial charge on any atom is -0.314 e. The van der Waals surface area contributed by atoms with Crippen LogP contribution >= 0.6 is 0 Å². The van der Waals surface area contributed by atoms with Crippen LogP contribution in [0, 0.1) is 25.2 Å². The fourth-order valence-electron chi connectivity index (χ4n) is 2.44. The number of nitriles is 1. The summed E-state index contributed by atoms with van der Waals surface area (Å²) in [5.74, 6) is 0.315. The Morgan fingerprint density at radius 1 is 1.24 bits per heavy atom. The largest absolute Gasteiger partial charge is 0.314 e. The van der Waals surface area contributed by atoms with Gasteiger partial charge in [-0.2, -0.15) is 5.26 Å². The van der Waals surface area contributed by atoms with Gasteiger partial charge in [-0.25, -0.2) is 0 Å². The molecule has 108 valence electrons. The van der Waals surface area contributed by atoms with Crippen LogP contribution < -0.4 is 5.56 Å². The van der Waals surface area contributed by atoms with Crippen LogP contribution in [0.4, 0.5) is 0 Å². The maximum atomic E-state index is 12.0. The highest BCUT2D eigenvalue weighted by Gasteiger charge is 2.15. The molecule has 0 atom stereocenters. The zero-order chi connectivity index (χ0) is 15.7. The lowest BCUT2D eigenvalue weighted by Gasteiger charge is -2.17. The lowest BCUT2D eigenvalue weighted by atomic mass is 9.92. The fourth-order valence-corrected chi connectivity index (χ4v) is 2.44. The molecule has 21 heavy (non-hydrogen) atoms. The number of nitrogens with zero attached hydrogens (tertiary/aromatic N) is 3. The fraction of sp³-hybridized carbons (Fsp3) is 0.353. The van der Waals surface area contributed by atoms with E-state index >= 15 is 0 Å². The average Bonchev–Trinajstić information content (AvgIpc) is 2.45. The van der Waals surface area contributed by atoms with Crippen molar-refractivity contribution in [1.82, 2.24) is 9.55 Å². The van der Waals surface area contributed by atoms with E-state index in [9.17, 15) is 4.79 Å². The molecule has 0 N–H and O–H groups in total. The van der Waals surface area contributed by atoms with E-state index < -0.39 is 0 Å². The molecule has 0 aromatic carbocycles. The highest BCUT2D eigenvalue weighted by molar-refractivity contribution is 5.71. The predicted molar refractivity (Wildman–Crippen MR) is 83.2 cm³/mol. The van der Waals surface area contributed by atoms with Crippen molar-refractivity contribution < 1.29 is 0 Å². The Hall–Kier alpha value is -2.41. The van der Waals surface area contributed by atoms with Gasteiger partial charge in [-0.15, -0.1) is 0 Å². The van der Waals surface area contributed by atoms with E-state index in [2.05, 4.69) is 18.8 Å². The molecular formula is C17H19N3O. The molecule has 2 rings (SSSR count). The highest BCUT2D eigenvalue weighted by atomic mass is 16.1. The van der Waals surface area contributed by atoms with Gasteiger partial charge in [0.2, 0.25) is 0 Å². The van der Waals surface area contributed by atoms with Crippen LogP contribution in [-0.2, 0) is 7.05 Å². The maximum Gasteiger partial charge on any atom is 0.268 e. The van der Waals surface area contributed by atoms with Crippen LogP contribution in [0.5, 0.6) is 0 Å². The molecule has 2 aromatic heterocycles. The van der Waals surface area contributed by atoms with Crippen molar-refractivity contribution in [2.45, 2.75) is 33.6 Å². The molecule has 0 unspecified atom stereocenters. The summed E-state index contributed by atoms with van der Waals surface area (Å²) in [5, 5.41) is 9.16. The Bertz CT molecular complexity index is 795. The third-order valence-electron chi connectivity index (χ3n) is 3.82. The van der Waals surface area contributed by atoms with Crippen LogP contribution in [0.2, 0.25) is 0 Å². The molecule has 0 aliphatic heterocycles. The van der Waals surface area contributed by atoms with Crippen LogP contribution in [0.1, 0.15) is 42.3 Å². The van der Waals surface area contributed by atoms with Gasteiger partial charge in [0, 0.05) is 30.2 Å². The molecule has 4 nitrogen and oxygen atoms in total. The summed E-state index contributed by atoms with van der Waals surface area (Å²) in [5.41, 5.74) is 4.77. The summed E-state index contributed by atoms with van der Waals surface area (Å²) < 4.78 is 1.54. The van der Waals surface area contributed by atoms with Crippen LogP contribution in [0.3, 0.4) is 0 Å². The van der Waals surface area contributed by atoms with Crippen LogP contribution in [0.15, 0.2) is 23.1 Å². The first-order valence-corrected chi connectivity index (χ1v) is 6.94. The highest BCUT2D eigenvalue weighted by Crippen LogP contribution is 2.31. The summed E-state index contributed by atoms with van der Waals surface area (Å²) in [6.07, 6.45) is 1.88. The van der Waals surface area contributed by atoms with Gasteiger partial charge >= 0.3 is 0 Å². The second kappa shape index (κ2) is 5.53. The third-order valence-corrected chi connectivity index (χ3v) is 3.82. The van der Waals surface area contributed by atoms with Gasteiger partial charge in [-0.1, -0.05) is 13.8 Å². The maximum absolute atomic E-state index is 12.0.